The molecule has 0 aliphatic carbocycles. The largest absolute Gasteiger partial charge is 0.478 e. The summed E-state index contributed by atoms with van der Waals surface area (Å²) in [7, 11) is 0. The summed E-state index contributed by atoms with van der Waals surface area (Å²) in [6.07, 6.45) is 2.91. The van der Waals surface area contributed by atoms with Crippen molar-refractivity contribution in [1.82, 2.24) is 20.4 Å². The summed E-state index contributed by atoms with van der Waals surface area (Å²) in [5, 5.41) is 6.62. The van der Waals surface area contributed by atoms with Crippen molar-refractivity contribution in [3.63, 3.8) is 0 Å². The van der Waals surface area contributed by atoms with E-state index in [0.717, 1.165) is 12.8 Å². The van der Waals surface area contributed by atoms with Gasteiger partial charge >= 0.3 is 0 Å². The summed E-state index contributed by atoms with van der Waals surface area (Å²) in [6, 6.07) is 3.55. The van der Waals surface area contributed by atoms with E-state index in [9.17, 15) is 4.79 Å². The average Bonchev–Trinajstić information content (AvgIpc) is 3.25. The number of aromatic nitrogens is 3. The second kappa shape index (κ2) is 7.19. The van der Waals surface area contributed by atoms with Crippen LogP contribution in [0.1, 0.15) is 25.7 Å². The van der Waals surface area contributed by atoms with Crippen LogP contribution in [0.15, 0.2) is 22.9 Å². The smallest absolute Gasteiger partial charge is 0.249 e. The molecule has 3 rings (SSSR count). The fourth-order valence-corrected chi connectivity index (χ4v) is 2.25. The van der Waals surface area contributed by atoms with Crippen molar-refractivity contribution in [2.45, 2.75) is 32.4 Å². The minimum atomic E-state index is -0.368. The lowest BCUT2D eigenvalue weighted by Crippen LogP contribution is -2.33. The van der Waals surface area contributed by atoms with Crippen molar-refractivity contribution in [2.75, 3.05) is 13.2 Å². The molecule has 1 amide bonds. The van der Waals surface area contributed by atoms with Crippen LogP contribution < -0.4 is 10.1 Å². The number of ether oxygens (including phenoxy) is 2. The molecule has 23 heavy (non-hydrogen) atoms. The molecule has 0 bridgehead atoms. The zero-order chi connectivity index (χ0) is 16.1. The van der Waals surface area contributed by atoms with Crippen LogP contribution in [-0.2, 0) is 16.1 Å². The van der Waals surface area contributed by atoms with Gasteiger partial charge in [-0.2, -0.15) is 4.98 Å². The normalized spacial score (nSPS) is 17.2. The summed E-state index contributed by atoms with van der Waals surface area (Å²) in [6.45, 7) is 3.26. The number of hydrogen-bond acceptors (Lipinski definition) is 7. The van der Waals surface area contributed by atoms with E-state index in [0.29, 0.717) is 36.4 Å². The van der Waals surface area contributed by atoms with Crippen LogP contribution >= 0.6 is 0 Å². The Labute approximate surface area is 133 Å². The molecule has 1 unspecified atom stereocenters. The molecule has 1 aliphatic heterocycles. The number of hydrogen-bond donors (Lipinski definition) is 1. The molecule has 3 heterocycles. The van der Waals surface area contributed by atoms with Crippen molar-refractivity contribution in [1.29, 1.82) is 0 Å². The van der Waals surface area contributed by atoms with Crippen molar-refractivity contribution in [3.8, 4) is 17.3 Å². The Morgan fingerprint density at radius 2 is 2.39 bits per heavy atom. The zero-order valence-electron chi connectivity index (χ0n) is 12.8. The lowest BCUT2D eigenvalue weighted by Gasteiger charge is -2.08. The van der Waals surface area contributed by atoms with Crippen molar-refractivity contribution in [3.05, 3.63) is 24.2 Å². The number of pyridine rings is 1. The lowest BCUT2D eigenvalue weighted by molar-refractivity contribution is -0.130. The predicted octanol–water partition coefficient (Wildman–Crippen LogP) is 1.33. The third-order valence-corrected chi connectivity index (χ3v) is 3.39. The highest BCUT2D eigenvalue weighted by atomic mass is 16.5. The fourth-order valence-electron chi connectivity index (χ4n) is 2.25. The summed E-state index contributed by atoms with van der Waals surface area (Å²) >= 11 is 0. The highest BCUT2D eigenvalue weighted by Gasteiger charge is 2.23. The van der Waals surface area contributed by atoms with Crippen LogP contribution in [0.4, 0.5) is 0 Å². The topological polar surface area (TPSA) is 99.4 Å². The number of rotatable bonds is 6. The molecule has 1 atom stereocenters. The number of amides is 1. The molecule has 122 valence electrons. The van der Waals surface area contributed by atoms with Crippen molar-refractivity contribution < 1.29 is 18.8 Å². The molecular formula is C15H18N4O4. The Bertz CT molecular complexity index is 650. The Kier molecular flexibility index (Phi) is 4.82. The third kappa shape index (κ3) is 3.84. The van der Waals surface area contributed by atoms with Crippen molar-refractivity contribution >= 4 is 5.91 Å². The number of carbonyl (C=O) groups excluding carboxylic acids is 1. The number of nitrogens with zero attached hydrogens (tertiary/aromatic N) is 3. The Hall–Kier alpha value is -2.48. The maximum atomic E-state index is 11.8. The van der Waals surface area contributed by atoms with Gasteiger partial charge in [0.25, 0.3) is 0 Å². The monoisotopic (exact) mass is 318 g/mol. The second-order valence-corrected chi connectivity index (χ2v) is 5.05. The van der Waals surface area contributed by atoms with Gasteiger partial charge in [0.2, 0.25) is 23.5 Å². The van der Waals surface area contributed by atoms with Crippen LogP contribution in [0.2, 0.25) is 0 Å². The van der Waals surface area contributed by atoms with E-state index in [2.05, 4.69) is 20.4 Å². The van der Waals surface area contributed by atoms with E-state index in [1.54, 1.807) is 18.3 Å². The first-order chi connectivity index (χ1) is 11.3. The summed E-state index contributed by atoms with van der Waals surface area (Å²) in [5.41, 5.74) is 0.717. The third-order valence-electron chi connectivity index (χ3n) is 3.39. The Balaban J connectivity index is 1.58. The number of nitrogens with one attached hydrogen (secondary N) is 1. The molecule has 0 radical (unpaired) electrons. The van der Waals surface area contributed by atoms with Gasteiger partial charge in [-0.3, -0.25) is 4.79 Å². The van der Waals surface area contributed by atoms with E-state index in [1.807, 2.05) is 6.92 Å². The molecule has 1 aliphatic rings. The Morgan fingerprint density at radius 3 is 3.09 bits per heavy atom. The quantitative estimate of drug-likeness (QED) is 0.857. The summed E-state index contributed by atoms with van der Waals surface area (Å²) in [5.74, 6) is 1.15. The van der Waals surface area contributed by atoms with E-state index in [-0.39, 0.29) is 18.6 Å². The van der Waals surface area contributed by atoms with Crippen molar-refractivity contribution in [2.24, 2.45) is 0 Å². The molecule has 2 aromatic rings. The molecule has 0 aromatic carbocycles. The van der Waals surface area contributed by atoms with Gasteiger partial charge in [0.05, 0.1) is 13.2 Å². The fraction of sp³-hybridized carbons (Fsp3) is 0.467. The van der Waals surface area contributed by atoms with Crippen LogP contribution in [0.25, 0.3) is 11.4 Å². The molecule has 0 spiro atoms. The molecule has 1 N–H and O–H groups in total. The van der Waals surface area contributed by atoms with Gasteiger partial charge in [-0.05, 0) is 25.8 Å². The lowest BCUT2D eigenvalue weighted by atomic mass is 10.2. The van der Waals surface area contributed by atoms with E-state index in [4.69, 9.17) is 14.0 Å². The van der Waals surface area contributed by atoms with Gasteiger partial charge in [-0.15, -0.1) is 0 Å². The van der Waals surface area contributed by atoms with Gasteiger partial charge in [-0.25, -0.2) is 4.98 Å². The van der Waals surface area contributed by atoms with E-state index >= 15 is 0 Å². The highest BCUT2D eigenvalue weighted by Crippen LogP contribution is 2.17. The van der Waals surface area contributed by atoms with Gasteiger partial charge in [0.1, 0.15) is 6.10 Å². The van der Waals surface area contributed by atoms with Gasteiger partial charge in [0, 0.05) is 24.4 Å². The molecule has 2 aromatic heterocycles. The molecule has 1 fully saturated rings. The van der Waals surface area contributed by atoms with Crippen LogP contribution in [0, 0.1) is 0 Å². The molecular weight excluding hydrogens is 300 g/mol. The minimum Gasteiger partial charge on any atom is -0.478 e. The van der Waals surface area contributed by atoms with Crippen LogP contribution in [0.5, 0.6) is 5.88 Å². The zero-order valence-corrected chi connectivity index (χ0v) is 12.8. The van der Waals surface area contributed by atoms with E-state index < -0.39 is 0 Å². The summed E-state index contributed by atoms with van der Waals surface area (Å²) in [4.78, 5) is 20.2. The average molecular weight is 318 g/mol. The molecule has 0 saturated carbocycles. The standard InChI is InChI=1S/C15H18N4O4/c1-2-21-12-6-5-10(8-16-12)14-18-13(23-19-14)9-17-15(20)11-4-3-7-22-11/h5-6,8,11H,2-4,7,9H2,1H3,(H,17,20). The van der Waals surface area contributed by atoms with Crippen LogP contribution in [0.3, 0.4) is 0 Å². The second-order valence-electron chi connectivity index (χ2n) is 5.05. The van der Waals surface area contributed by atoms with Gasteiger partial charge < -0.3 is 19.3 Å². The van der Waals surface area contributed by atoms with E-state index in [1.165, 1.54) is 0 Å². The van der Waals surface area contributed by atoms with Crippen LogP contribution in [-0.4, -0.2) is 40.3 Å². The summed E-state index contributed by atoms with van der Waals surface area (Å²) < 4.78 is 15.7. The SMILES string of the molecule is CCOc1ccc(-c2noc(CNC(=O)C3CCCO3)n2)cn1. The maximum Gasteiger partial charge on any atom is 0.249 e. The maximum absolute atomic E-state index is 11.8. The van der Waals surface area contributed by atoms with Gasteiger partial charge in [0.15, 0.2) is 0 Å². The molecule has 8 heteroatoms. The van der Waals surface area contributed by atoms with Gasteiger partial charge in [-0.1, -0.05) is 5.16 Å². The number of carbonyl (C=O) groups is 1. The first-order valence-corrected chi connectivity index (χ1v) is 7.57. The Morgan fingerprint density at radius 1 is 1.48 bits per heavy atom. The molecule has 1 saturated heterocycles. The minimum absolute atomic E-state index is 0.148. The highest BCUT2D eigenvalue weighted by molar-refractivity contribution is 5.80. The first-order valence-electron chi connectivity index (χ1n) is 7.57. The first kappa shape index (κ1) is 15.4. The molecule has 8 nitrogen and oxygen atoms in total. The predicted molar refractivity (Wildman–Crippen MR) is 79.5 cm³/mol.